The number of hydrogen-bond acceptors (Lipinski definition) is 4. The van der Waals surface area contributed by atoms with E-state index in [1.807, 2.05) is 49.7 Å². The van der Waals surface area contributed by atoms with Crippen LogP contribution in [-0.4, -0.2) is 21.4 Å². The third-order valence-electron chi connectivity index (χ3n) is 2.95. The molecule has 1 atom stereocenters. The van der Waals surface area contributed by atoms with Crippen LogP contribution in [0.4, 0.5) is 0 Å². The van der Waals surface area contributed by atoms with Gasteiger partial charge in [0.25, 0.3) is 0 Å². The van der Waals surface area contributed by atoms with Gasteiger partial charge in [0, 0.05) is 5.56 Å². The quantitative estimate of drug-likeness (QED) is 0.893. The smallest absolute Gasteiger partial charge is 0.147 e. The number of aryl methyl sites for hydroxylation is 2. The predicted octanol–water partition coefficient (Wildman–Crippen LogP) is 1.99. The molecule has 0 aliphatic heterocycles. The average Bonchev–Trinajstić information content (AvgIpc) is 2.69. The van der Waals surface area contributed by atoms with Crippen LogP contribution in [0.15, 0.2) is 24.3 Å². The molecule has 0 amide bonds. The molecule has 1 aromatic heterocycles. The molecule has 1 aromatic carbocycles. The summed E-state index contributed by atoms with van der Waals surface area (Å²) < 4.78 is 7.44. The molecule has 1 heterocycles. The molecule has 5 nitrogen and oxygen atoms in total. The first kappa shape index (κ1) is 13.5. The highest BCUT2D eigenvalue weighted by Gasteiger charge is 2.14. The lowest BCUT2D eigenvalue weighted by atomic mass is 10.1. The Balaban J connectivity index is 2.20. The molecule has 2 aromatic rings. The topological polar surface area (TPSA) is 66.0 Å². The Morgan fingerprint density at radius 3 is 2.68 bits per heavy atom. The number of para-hydroxylation sites is 1. The standard InChI is InChI=1S/C14H20N4O/c1-4-19-14-8-6-5-7-12(14)13(15)9-18-11(3)16-10(2)17-18/h5-8,13H,4,9,15H2,1-3H3. The van der Waals surface area contributed by atoms with Crippen LogP contribution in [0.5, 0.6) is 5.75 Å². The van der Waals surface area contributed by atoms with Crippen molar-refractivity contribution in [1.29, 1.82) is 0 Å². The molecule has 2 N–H and O–H groups in total. The van der Waals surface area contributed by atoms with Crippen molar-refractivity contribution < 1.29 is 4.74 Å². The highest BCUT2D eigenvalue weighted by molar-refractivity contribution is 5.35. The first-order valence-electron chi connectivity index (χ1n) is 6.47. The molecule has 0 saturated carbocycles. The zero-order chi connectivity index (χ0) is 13.8. The average molecular weight is 260 g/mol. The summed E-state index contributed by atoms with van der Waals surface area (Å²) in [4.78, 5) is 4.28. The molecule has 0 spiro atoms. The van der Waals surface area contributed by atoms with Crippen molar-refractivity contribution in [3.63, 3.8) is 0 Å². The van der Waals surface area contributed by atoms with Crippen LogP contribution in [0.3, 0.4) is 0 Å². The van der Waals surface area contributed by atoms with Gasteiger partial charge < -0.3 is 10.5 Å². The van der Waals surface area contributed by atoms with Crippen molar-refractivity contribution >= 4 is 0 Å². The van der Waals surface area contributed by atoms with E-state index in [9.17, 15) is 0 Å². The second-order valence-corrected chi connectivity index (χ2v) is 4.47. The normalized spacial score (nSPS) is 12.4. The van der Waals surface area contributed by atoms with Crippen molar-refractivity contribution in [2.75, 3.05) is 6.61 Å². The summed E-state index contributed by atoms with van der Waals surface area (Å²) in [5, 5.41) is 4.34. The third-order valence-corrected chi connectivity index (χ3v) is 2.95. The van der Waals surface area contributed by atoms with Crippen LogP contribution in [0.2, 0.25) is 0 Å². The molecule has 19 heavy (non-hydrogen) atoms. The molecule has 0 radical (unpaired) electrons. The van der Waals surface area contributed by atoms with Gasteiger partial charge in [-0.25, -0.2) is 9.67 Å². The van der Waals surface area contributed by atoms with E-state index < -0.39 is 0 Å². The lowest BCUT2D eigenvalue weighted by molar-refractivity contribution is 0.332. The summed E-state index contributed by atoms with van der Waals surface area (Å²) in [5.74, 6) is 2.48. The summed E-state index contributed by atoms with van der Waals surface area (Å²) in [6.07, 6.45) is 0. The summed E-state index contributed by atoms with van der Waals surface area (Å²) in [7, 11) is 0. The summed E-state index contributed by atoms with van der Waals surface area (Å²) in [5.41, 5.74) is 7.26. The molecule has 0 bridgehead atoms. The fourth-order valence-electron chi connectivity index (χ4n) is 2.09. The van der Waals surface area contributed by atoms with Gasteiger partial charge in [0.1, 0.15) is 17.4 Å². The van der Waals surface area contributed by atoms with Crippen LogP contribution in [0.1, 0.15) is 30.2 Å². The van der Waals surface area contributed by atoms with Crippen molar-refractivity contribution in [2.45, 2.75) is 33.4 Å². The van der Waals surface area contributed by atoms with Gasteiger partial charge in [0.05, 0.1) is 19.2 Å². The molecule has 0 saturated heterocycles. The molecule has 0 aliphatic rings. The van der Waals surface area contributed by atoms with Gasteiger partial charge in [-0.15, -0.1) is 0 Å². The number of nitrogens with zero attached hydrogens (tertiary/aromatic N) is 3. The molecule has 5 heteroatoms. The van der Waals surface area contributed by atoms with E-state index in [1.54, 1.807) is 0 Å². The lowest BCUT2D eigenvalue weighted by Crippen LogP contribution is -2.20. The number of ether oxygens (including phenoxy) is 1. The lowest BCUT2D eigenvalue weighted by Gasteiger charge is -2.16. The molecule has 2 rings (SSSR count). The Morgan fingerprint density at radius 2 is 2.05 bits per heavy atom. The van der Waals surface area contributed by atoms with E-state index in [0.717, 1.165) is 23.0 Å². The number of hydrogen-bond donors (Lipinski definition) is 1. The van der Waals surface area contributed by atoms with E-state index >= 15 is 0 Å². The number of rotatable bonds is 5. The molecule has 102 valence electrons. The Labute approximate surface area is 113 Å². The van der Waals surface area contributed by atoms with Crippen molar-refractivity contribution in [3.05, 3.63) is 41.5 Å². The Hall–Kier alpha value is -1.88. The summed E-state index contributed by atoms with van der Waals surface area (Å²) in [6.45, 7) is 7.00. The molecule has 0 fully saturated rings. The van der Waals surface area contributed by atoms with Gasteiger partial charge in [-0.2, -0.15) is 5.10 Å². The first-order chi connectivity index (χ1) is 9.11. The van der Waals surface area contributed by atoms with Crippen molar-refractivity contribution in [3.8, 4) is 5.75 Å². The van der Waals surface area contributed by atoms with Crippen LogP contribution in [0, 0.1) is 13.8 Å². The SMILES string of the molecule is CCOc1ccccc1C(N)Cn1nc(C)nc1C. The Morgan fingerprint density at radius 1 is 1.32 bits per heavy atom. The highest BCUT2D eigenvalue weighted by Crippen LogP contribution is 2.24. The van der Waals surface area contributed by atoms with Crippen LogP contribution >= 0.6 is 0 Å². The van der Waals surface area contributed by atoms with E-state index in [1.165, 1.54) is 0 Å². The zero-order valence-corrected chi connectivity index (χ0v) is 11.6. The van der Waals surface area contributed by atoms with Gasteiger partial charge in [-0.3, -0.25) is 0 Å². The van der Waals surface area contributed by atoms with E-state index in [-0.39, 0.29) is 6.04 Å². The summed E-state index contributed by atoms with van der Waals surface area (Å²) >= 11 is 0. The maximum atomic E-state index is 6.27. The second-order valence-electron chi connectivity index (χ2n) is 4.47. The van der Waals surface area contributed by atoms with Gasteiger partial charge >= 0.3 is 0 Å². The van der Waals surface area contributed by atoms with E-state index in [0.29, 0.717) is 13.2 Å². The minimum atomic E-state index is -0.164. The van der Waals surface area contributed by atoms with Gasteiger partial charge in [-0.1, -0.05) is 18.2 Å². The van der Waals surface area contributed by atoms with Crippen LogP contribution in [-0.2, 0) is 6.54 Å². The largest absolute Gasteiger partial charge is 0.494 e. The monoisotopic (exact) mass is 260 g/mol. The number of benzene rings is 1. The van der Waals surface area contributed by atoms with Crippen molar-refractivity contribution in [1.82, 2.24) is 14.8 Å². The summed E-state index contributed by atoms with van der Waals surface area (Å²) in [6, 6.07) is 7.69. The maximum Gasteiger partial charge on any atom is 0.147 e. The predicted molar refractivity (Wildman–Crippen MR) is 74.0 cm³/mol. The minimum absolute atomic E-state index is 0.164. The molecular formula is C14H20N4O. The van der Waals surface area contributed by atoms with E-state index in [2.05, 4.69) is 10.1 Å². The minimum Gasteiger partial charge on any atom is -0.494 e. The fraction of sp³-hybridized carbons (Fsp3) is 0.429. The Kier molecular flexibility index (Phi) is 4.16. The first-order valence-corrected chi connectivity index (χ1v) is 6.47. The van der Waals surface area contributed by atoms with Gasteiger partial charge in [-0.05, 0) is 26.8 Å². The highest BCUT2D eigenvalue weighted by atomic mass is 16.5. The van der Waals surface area contributed by atoms with Gasteiger partial charge in [0.2, 0.25) is 0 Å². The van der Waals surface area contributed by atoms with Gasteiger partial charge in [0.15, 0.2) is 0 Å². The van der Waals surface area contributed by atoms with Crippen LogP contribution in [0.25, 0.3) is 0 Å². The molecular weight excluding hydrogens is 240 g/mol. The van der Waals surface area contributed by atoms with Crippen molar-refractivity contribution in [2.24, 2.45) is 5.73 Å². The zero-order valence-electron chi connectivity index (χ0n) is 11.6. The Bertz CT molecular complexity index is 550. The third kappa shape index (κ3) is 3.12. The second kappa shape index (κ2) is 5.84. The molecule has 0 aliphatic carbocycles. The van der Waals surface area contributed by atoms with Crippen LogP contribution < -0.4 is 10.5 Å². The molecule has 1 unspecified atom stereocenters. The number of aromatic nitrogens is 3. The fourth-order valence-corrected chi connectivity index (χ4v) is 2.09. The number of nitrogens with two attached hydrogens (primary N) is 1. The van der Waals surface area contributed by atoms with E-state index in [4.69, 9.17) is 10.5 Å². The maximum absolute atomic E-state index is 6.27.